The number of hydrogen-bond donors (Lipinski definition) is 3. The number of amides is 1. The first-order chi connectivity index (χ1) is 9.54. The minimum atomic E-state index is -0.812. The molecule has 0 bridgehead atoms. The van der Waals surface area contributed by atoms with Crippen LogP contribution in [0.4, 0.5) is 0 Å². The van der Waals surface area contributed by atoms with Crippen molar-refractivity contribution in [3.05, 3.63) is 35.9 Å². The van der Waals surface area contributed by atoms with E-state index in [4.69, 9.17) is 10.8 Å². The molecule has 2 atom stereocenters. The van der Waals surface area contributed by atoms with Gasteiger partial charge in [0.15, 0.2) is 0 Å². The van der Waals surface area contributed by atoms with Crippen LogP contribution in [0.3, 0.4) is 0 Å². The van der Waals surface area contributed by atoms with E-state index >= 15 is 0 Å². The van der Waals surface area contributed by atoms with Gasteiger partial charge in [0.1, 0.15) is 0 Å². The van der Waals surface area contributed by atoms with Crippen molar-refractivity contribution in [3.8, 4) is 0 Å². The minimum Gasteiger partial charge on any atom is -0.481 e. The third-order valence-corrected chi connectivity index (χ3v) is 3.17. The van der Waals surface area contributed by atoms with Crippen LogP contribution in [-0.2, 0) is 9.59 Å². The zero-order chi connectivity index (χ0) is 15.0. The molecule has 0 aliphatic heterocycles. The normalized spacial score (nSPS) is 13.5. The summed E-state index contributed by atoms with van der Waals surface area (Å²) >= 11 is 0. The van der Waals surface area contributed by atoms with Gasteiger partial charge in [-0.3, -0.25) is 9.59 Å². The van der Waals surface area contributed by atoms with Crippen LogP contribution in [0.2, 0.25) is 0 Å². The van der Waals surface area contributed by atoms with Crippen LogP contribution in [0.1, 0.15) is 37.7 Å². The summed E-state index contributed by atoms with van der Waals surface area (Å²) in [7, 11) is 0. The second kappa shape index (κ2) is 8.32. The number of carboxylic acids is 1. The number of rotatable bonds is 8. The van der Waals surface area contributed by atoms with Gasteiger partial charge in [0.05, 0.1) is 5.92 Å². The van der Waals surface area contributed by atoms with Crippen molar-refractivity contribution in [2.45, 2.75) is 38.1 Å². The molecule has 0 saturated carbocycles. The van der Waals surface area contributed by atoms with E-state index in [2.05, 4.69) is 5.32 Å². The smallest absolute Gasteiger partial charge is 0.303 e. The highest BCUT2D eigenvalue weighted by Crippen LogP contribution is 2.14. The number of nitrogens with one attached hydrogen (secondary N) is 1. The fourth-order valence-electron chi connectivity index (χ4n) is 2.05. The van der Waals surface area contributed by atoms with Crippen molar-refractivity contribution in [2.24, 2.45) is 5.73 Å². The lowest BCUT2D eigenvalue weighted by molar-refractivity contribution is -0.137. The van der Waals surface area contributed by atoms with E-state index in [0.29, 0.717) is 12.8 Å². The summed E-state index contributed by atoms with van der Waals surface area (Å²) in [6, 6.07) is 9.35. The number of hydrogen-bond acceptors (Lipinski definition) is 3. The summed E-state index contributed by atoms with van der Waals surface area (Å²) in [5.41, 5.74) is 6.58. The van der Waals surface area contributed by atoms with Crippen LogP contribution >= 0.6 is 0 Å². The van der Waals surface area contributed by atoms with Crippen molar-refractivity contribution >= 4 is 11.9 Å². The molecule has 1 aromatic rings. The van der Waals surface area contributed by atoms with E-state index in [0.717, 1.165) is 5.56 Å². The van der Waals surface area contributed by atoms with E-state index in [1.807, 2.05) is 37.3 Å². The zero-order valence-corrected chi connectivity index (χ0v) is 11.7. The molecule has 0 aliphatic rings. The van der Waals surface area contributed by atoms with Crippen LogP contribution in [0.5, 0.6) is 0 Å². The maximum atomic E-state index is 12.2. The Morgan fingerprint density at radius 2 is 1.95 bits per heavy atom. The molecular formula is C15H22N2O3. The highest BCUT2D eigenvalue weighted by atomic mass is 16.4. The minimum absolute atomic E-state index is 0.0559. The van der Waals surface area contributed by atoms with E-state index in [1.165, 1.54) is 0 Å². The molecule has 5 heteroatoms. The second-order valence-electron chi connectivity index (χ2n) is 4.89. The molecular weight excluding hydrogens is 256 g/mol. The largest absolute Gasteiger partial charge is 0.481 e. The maximum absolute atomic E-state index is 12.2. The molecule has 0 heterocycles. The van der Waals surface area contributed by atoms with Crippen LogP contribution in [-0.4, -0.2) is 29.6 Å². The van der Waals surface area contributed by atoms with E-state index in [1.54, 1.807) is 0 Å². The van der Waals surface area contributed by atoms with E-state index in [-0.39, 0.29) is 30.8 Å². The van der Waals surface area contributed by atoms with Gasteiger partial charge in [-0.25, -0.2) is 0 Å². The van der Waals surface area contributed by atoms with Gasteiger partial charge in [-0.2, -0.15) is 0 Å². The van der Waals surface area contributed by atoms with Gasteiger partial charge in [-0.15, -0.1) is 0 Å². The third-order valence-electron chi connectivity index (χ3n) is 3.17. The molecule has 20 heavy (non-hydrogen) atoms. The monoisotopic (exact) mass is 278 g/mol. The average molecular weight is 278 g/mol. The third kappa shape index (κ3) is 5.40. The first kappa shape index (κ1) is 16.2. The Hall–Kier alpha value is -1.88. The number of carbonyl (C=O) groups excluding carboxylic acids is 1. The predicted octanol–water partition coefficient (Wildman–Crippen LogP) is 1.49. The Morgan fingerprint density at radius 1 is 1.30 bits per heavy atom. The summed E-state index contributed by atoms with van der Waals surface area (Å²) in [6.45, 7) is 2.12. The Labute approximate surface area is 119 Å². The summed E-state index contributed by atoms with van der Waals surface area (Å²) in [4.78, 5) is 22.6. The fourth-order valence-corrected chi connectivity index (χ4v) is 2.05. The Bertz CT molecular complexity index is 434. The Kier molecular flexibility index (Phi) is 6.73. The number of carboxylic acid groups (broad SMARTS) is 1. The second-order valence-corrected chi connectivity index (χ2v) is 4.89. The number of aliphatic carboxylic acids is 1. The molecule has 0 saturated heterocycles. The number of carbonyl (C=O) groups is 2. The van der Waals surface area contributed by atoms with Gasteiger partial charge in [0.2, 0.25) is 5.91 Å². The molecule has 0 fully saturated rings. The van der Waals surface area contributed by atoms with E-state index in [9.17, 15) is 9.59 Å². The molecule has 1 amide bonds. The Balaban J connectivity index is 2.49. The number of benzene rings is 1. The van der Waals surface area contributed by atoms with Gasteiger partial charge in [-0.1, -0.05) is 30.3 Å². The average Bonchev–Trinajstić information content (AvgIpc) is 2.40. The van der Waals surface area contributed by atoms with Crippen LogP contribution in [0.25, 0.3) is 0 Å². The van der Waals surface area contributed by atoms with Crippen molar-refractivity contribution in [2.75, 3.05) is 6.54 Å². The van der Waals surface area contributed by atoms with Crippen LogP contribution in [0.15, 0.2) is 30.3 Å². The van der Waals surface area contributed by atoms with Gasteiger partial charge >= 0.3 is 5.97 Å². The van der Waals surface area contributed by atoms with Gasteiger partial charge < -0.3 is 16.2 Å². The summed E-state index contributed by atoms with van der Waals surface area (Å²) in [5.74, 6) is -1.28. The predicted molar refractivity (Wildman–Crippen MR) is 77.3 cm³/mol. The molecule has 1 rings (SSSR count). The summed E-state index contributed by atoms with van der Waals surface area (Å²) in [6.07, 6.45) is 1.32. The van der Waals surface area contributed by atoms with Crippen LogP contribution < -0.4 is 11.1 Å². The zero-order valence-electron chi connectivity index (χ0n) is 11.7. The first-order valence-corrected chi connectivity index (χ1v) is 6.81. The lowest BCUT2D eigenvalue weighted by Crippen LogP contribution is -2.38. The quantitative estimate of drug-likeness (QED) is 0.671. The highest BCUT2D eigenvalue weighted by Gasteiger charge is 2.20. The molecule has 2 unspecified atom stereocenters. The van der Waals surface area contributed by atoms with Crippen molar-refractivity contribution in [1.82, 2.24) is 5.32 Å². The number of nitrogens with two attached hydrogens (primary N) is 1. The fraction of sp³-hybridized carbons (Fsp3) is 0.467. The summed E-state index contributed by atoms with van der Waals surface area (Å²) < 4.78 is 0. The molecule has 0 radical (unpaired) electrons. The van der Waals surface area contributed by atoms with Crippen molar-refractivity contribution in [3.63, 3.8) is 0 Å². The SMILES string of the molecule is CC(CCCC(=O)O)NC(=O)C(CN)c1ccccc1. The summed E-state index contributed by atoms with van der Waals surface area (Å²) in [5, 5.41) is 11.5. The van der Waals surface area contributed by atoms with E-state index < -0.39 is 5.97 Å². The lowest BCUT2D eigenvalue weighted by Gasteiger charge is -2.19. The molecule has 5 nitrogen and oxygen atoms in total. The molecule has 4 N–H and O–H groups in total. The van der Waals surface area contributed by atoms with Gasteiger partial charge in [-0.05, 0) is 25.3 Å². The highest BCUT2D eigenvalue weighted by molar-refractivity contribution is 5.84. The standard InChI is InChI=1S/C15H22N2O3/c1-11(6-5-9-14(18)19)17-15(20)13(10-16)12-7-3-2-4-8-12/h2-4,7-8,11,13H,5-6,9-10,16H2,1H3,(H,17,20)(H,18,19). The topological polar surface area (TPSA) is 92.4 Å². The Morgan fingerprint density at radius 3 is 2.50 bits per heavy atom. The first-order valence-electron chi connectivity index (χ1n) is 6.81. The van der Waals surface area contributed by atoms with Crippen molar-refractivity contribution in [1.29, 1.82) is 0 Å². The molecule has 1 aromatic carbocycles. The molecule has 110 valence electrons. The molecule has 0 spiro atoms. The van der Waals surface area contributed by atoms with Gasteiger partial charge in [0.25, 0.3) is 0 Å². The van der Waals surface area contributed by atoms with Gasteiger partial charge in [0, 0.05) is 19.0 Å². The maximum Gasteiger partial charge on any atom is 0.303 e. The van der Waals surface area contributed by atoms with Crippen molar-refractivity contribution < 1.29 is 14.7 Å². The van der Waals surface area contributed by atoms with Crippen LogP contribution in [0, 0.1) is 0 Å². The molecule has 0 aliphatic carbocycles. The lowest BCUT2D eigenvalue weighted by atomic mass is 9.98. The molecule has 0 aromatic heterocycles.